The van der Waals surface area contributed by atoms with E-state index in [0.717, 1.165) is 65.2 Å². The van der Waals surface area contributed by atoms with Crippen LogP contribution in [0.3, 0.4) is 0 Å². The number of anilines is 1. The molecular weight excluding hydrogens is 516 g/mol. The summed E-state index contributed by atoms with van der Waals surface area (Å²) in [5.74, 6) is 2.44. The number of pyridine rings is 2. The van der Waals surface area contributed by atoms with Gasteiger partial charge in [0.05, 0.1) is 24.2 Å². The fourth-order valence-corrected chi connectivity index (χ4v) is 5.87. The van der Waals surface area contributed by atoms with Crippen molar-refractivity contribution in [1.82, 2.24) is 44.8 Å². The Morgan fingerprint density at radius 2 is 1.73 bits per heavy atom. The van der Waals surface area contributed by atoms with Crippen LogP contribution in [0.15, 0.2) is 61.2 Å². The molecule has 0 amide bonds. The maximum Gasteiger partial charge on any atom is 0.161 e. The summed E-state index contributed by atoms with van der Waals surface area (Å²) in [6, 6.07) is 13.3. The first-order chi connectivity index (χ1) is 20.0. The first kappa shape index (κ1) is 25.5. The van der Waals surface area contributed by atoms with Crippen LogP contribution in [0.2, 0.25) is 0 Å². The summed E-state index contributed by atoms with van der Waals surface area (Å²) >= 11 is 0. The van der Waals surface area contributed by atoms with Gasteiger partial charge in [-0.2, -0.15) is 10.2 Å². The van der Waals surface area contributed by atoms with Crippen molar-refractivity contribution in [2.75, 3.05) is 18.0 Å². The Morgan fingerprint density at radius 3 is 2.41 bits per heavy atom. The van der Waals surface area contributed by atoms with Crippen molar-refractivity contribution >= 4 is 5.82 Å². The Balaban J connectivity index is 0.983. The van der Waals surface area contributed by atoms with Crippen LogP contribution in [-0.4, -0.2) is 75.1 Å². The number of nitrogens with zero attached hydrogens (tertiary/aromatic N) is 9. The lowest BCUT2D eigenvalue weighted by Gasteiger charge is -2.56. The maximum absolute atomic E-state index is 9.27. The fraction of sp³-hybridized carbons (Fsp3) is 0.333. The Kier molecular flexibility index (Phi) is 6.52. The number of aliphatic hydroxyl groups is 1. The molecule has 0 aromatic carbocycles. The number of hydrogen-bond acceptors (Lipinski definition) is 9. The molecule has 3 aliphatic heterocycles. The Hall–Kier alpha value is -4.48. The molecule has 0 saturated carbocycles. The summed E-state index contributed by atoms with van der Waals surface area (Å²) < 4.78 is 1.69. The molecule has 8 rings (SSSR count). The zero-order chi connectivity index (χ0) is 27.9. The van der Waals surface area contributed by atoms with Crippen LogP contribution in [-0.2, 0) is 19.6 Å². The number of fused-ring (bicyclic) bond motifs is 2. The molecule has 0 radical (unpaired) electrons. The molecule has 11 heteroatoms. The third-order valence-electron chi connectivity index (χ3n) is 7.93. The quantitative estimate of drug-likeness (QED) is 0.301. The molecule has 0 spiro atoms. The smallest absolute Gasteiger partial charge is 0.161 e. The number of nitrogens with one attached hydrogen (secondary N) is 1. The molecule has 2 atom stereocenters. The second kappa shape index (κ2) is 10.5. The predicted octanol–water partition coefficient (Wildman–Crippen LogP) is 3.01. The van der Waals surface area contributed by atoms with E-state index in [1.807, 2.05) is 44.4 Å². The van der Waals surface area contributed by atoms with E-state index in [-0.39, 0.29) is 6.61 Å². The van der Waals surface area contributed by atoms with Gasteiger partial charge in [0.1, 0.15) is 5.82 Å². The summed E-state index contributed by atoms with van der Waals surface area (Å²) in [7, 11) is 0. The normalized spacial score (nSPS) is 18.5. The van der Waals surface area contributed by atoms with E-state index >= 15 is 0 Å². The van der Waals surface area contributed by atoms with Crippen molar-refractivity contribution in [2.24, 2.45) is 0 Å². The average molecular weight is 549 g/mol. The van der Waals surface area contributed by atoms with Crippen LogP contribution < -0.4 is 4.90 Å². The van der Waals surface area contributed by atoms with Gasteiger partial charge < -0.3 is 10.0 Å². The van der Waals surface area contributed by atoms with E-state index in [4.69, 9.17) is 9.97 Å². The van der Waals surface area contributed by atoms with E-state index in [1.165, 1.54) is 12.0 Å². The van der Waals surface area contributed by atoms with Gasteiger partial charge in [-0.15, -0.1) is 0 Å². The molecule has 8 heterocycles. The van der Waals surface area contributed by atoms with Crippen LogP contribution in [0, 0.1) is 13.8 Å². The largest absolute Gasteiger partial charge is 0.392 e. The summed E-state index contributed by atoms with van der Waals surface area (Å²) in [5, 5.41) is 20.9. The monoisotopic (exact) mass is 548 g/mol. The number of H-pyrrole nitrogens is 1. The van der Waals surface area contributed by atoms with Gasteiger partial charge in [0.2, 0.25) is 0 Å². The molecule has 2 bridgehead atoms. The molecule has 208 valence electrons. The average Bonchev–Trinajstić information content (AvgIpc) is 3.65. The first-order valence-corrected chi connectivity index (χ1v) is 13.9. The second-order valence-electron chi connectivity index (χ2n) is 11.0. The SMILES string of the molecule is Cc1cc(Cc2cc(C)[nH]n2)nc(-c2ccc(N3CC4CC(C3)N4Cc3ccc(-n4cc(CO)cn4)nc3)nc2)n1. The minimum absolute atomic E-state index is 0.0263. The number of aryl methyl sites for hydroxylation is 2. The third kappa shape index (κ3) is 5.21. The standard InChI is InChI=1S/C30H32N10O/c1-19-7-24(9-25-8-20(2)36-37-25)35-30(34-19)23-4-6-28(32-13-23)38-16-26-10-27(17-38)39(26)14-21-3-5-29(31-11-21)40-15-22(18-41)12-33-40/h3-8,11-13,15,26-27,41H,9-10,14,16-18H2,1-2H3,(H,36,37). The summed E-state index contributed by atoms with van der Waals surface area (Å²) in [6.45, 7) is 6.77. The van der Waals surface area contributed by atoms with Crippen molar-refractivity contribution in [3.05, 3.63) is 95.1 Å². The van der Waals surface area contributed by atoms with Crippen molar-refractivity contribution in [3.63, 3.8) is 0 Å². The molecule has 5 aromatic heterocycles. The number of aromatic amines is 1. The lowest BCUT2D eigenvalue weighted by Crippen LogP contribution is -2.68. The highest BCUT2D eigenvalue weighted by Crippen LogP contribution is 2.35. The lowest BCUT2D eigenvalue weighted by molar-refractivity contribution is -0.00875. The van der Waals surface area contributed by atoms with Crippen molar-refractivity contribution in [3.8, 4) is 17.2 Å². The van der Waals surface area contributed by atoms with Gasteiger partial charge in [-0.25, -0.2) is 24.6 Å². The second-order valence-corrected chi connectivity index (χ2v) is 11.0. The predicted molar refractivity (Wildman–Crippen MR) is 153 cm³/mol. The molecule has 2 N–H and O–H groups in total. The minimum Gasteiger partial charge on any atom is -0.392 e. The molecule has 5 aromatic rings. The van der Waals surface area contributed by atoms with Gasteiger partial charge in [-0.3, -0.25) is 10.00 Å². The number of piperazine rings is 1. The molecule has 41 heavy (non-hydrogen) atoms. The summed E-state index contributed by atoms with van der Waals surface area (Å²) in [6.07, 6.45) is 9.15. The van der Waals surface area contributed by atoms with E-state index < -0.39 is 0 Å². The highest BCUT2D eigenvalue weighted by Gasteiger charge is 2.44. The van der Waals surface area contributed by atoms with Crippen molar-refractivity contribution < 1.29 is 5.11 Å². The fourth-order valence-electron chi connectivity index (χ4n) is 5.87. The van der Waals surface area contributed by atoms with E-state index in [1.54, 1.807) is 17.1 Å². The molecule has 3 aliphatic rings. The van der Waals surface area contributed by atoms with Gasteiger partial charge in [0, 0.05) is 79.2 Å². The highest BCUT2D eigenvalue weighted by atomic mass is 16.3. The molecular formula is C30H32N10O. The zero-order valence-electron chi connectivity index (χ0n) is 23.1. The molecule has 11 nitrogen and oxygen atoms in total. The van der Waals surface area contributed by atoms with Crippen LogP contribution in [0.1, 0.15) is 40.3 Å². The van der Waals surface area contributed by atoms with Crippen LogP contribution in [0.25, 0.3) is 17.2 Å². The number of aromatic nitrogens is 8. The molecule has 3 saturated heterocycles. The zero-order valence-corrected chi connectivity index (χ0v) is 23.1. The van der Waals surface area contributed by atoms with E-state index in [2.05, 4.69) is 53.3 Å². The van der Waals surface area contributed by atoms with Gasteiger partial charge in [0.25, 0.3) is 0 Å². The maximum atomic E-state index is 9.27. The number of piperidine rings is 1. The Labute approximate surface area is 237 Å². The molecule has 3 fully saturated rings. The Morgan fingerprint density at radius 1 is 0.902 bits per heavy atom. The van der Waals surface area contributed by atoms with Gasteiger partial charge in [0.15, 0.2) is 11.6 Å². The Bertz CT molecular complexity index is 1650. The van der Waals surface area contributed by atoms with Crippen LogP contribution in [0.4, 0.5) is 5.82 Å². The number of rotatable bonds is 8. The van der Waals surface area contributed by atoms with Gasteiger partial charge in [-0.1, -0.05) is 6.07 Å². The number of aliphatic hydroxyl groups excluding tert-OH is 1. The van der Waals surface area contributed by atoms with Crippen LogP contribution >= 0.6 is 0 Å². The van der Waals surface area contributed by atoms with Crippen molar-refractivity contribution in [2.45, 2.75) is 51.9 Å². The first-order valence-electron chi connectivity index (χ1n) is 13.9. The van der Waals surface area contributed by atoms with Gasteiger partial charge >= 0.3 is 0 Å². The summed E-state index contributed by atoms with van der Waals surface area (Å²) in [5.41, 5.74) is 6.76. The van der Waals surface area contributed by atoms with Gasteiger partial charge in [-0.05, 0) is 56.2 Å². The summed E-state index contributed by atoms with van der Waals surface area (Å²) in [4.78, 5) is 23.8. The topological polar surface area (TPSA) is 125 Å². The molecule has 2 unspecified atom stereocenters. The van der Waals surface area contributed by atoms with E-state index in [9.17, 15) is 5.11 Å². The third-order valence-corrected chi connectivity index (χ3v) is 7.93. The molecule has 0 aliphatic carbocycles. The number of hydrogen-bond donors (Lipinski definition) is 2. The van der Waals surface area contributed by atoms with E-state index in [0.29, 0.717) is 24.3 Å². The highest BCUT2D eigenvalue weighted by molar-refractivity contribution is 5.57. The lowest BCUT2D eigenvalue weighted by atomic mass is 9.87. The van der Waals surface area contributed by atoms with Crippen molar-refractivity contribution in [1.29, 1.82) is 0 Å². The minimum atomic E-state index is -0.0263. The van der Waals surface area contributed by atoms with Crippen LogP contribution in [0.5, 0.6) is 0 Å².